The van der Waals surface area contributed by atoms with Crippen LogP contribution in [0.25, 0.3) is 0 Å². The van der Waals surface area contributed by atoms with E-state index in [2.05, 4.69) is 18.7 Å². The van der Waals surface area contributed by atoms with Gasteiger partial charge < -0.3 is 0 Å². The van der Waals surface area contributed by atoms with Crippen molar-refractivity contribution in [1.29, 1.82) is 0 Å². The van der Waals surface area contributed by atoms with Crippen molar-refractivity contribution in [2.45, 2.75) is 95.6 Å². The molecule has 0 aromatic carbocycles. The molecule has 0 saturated heterocycles. The Bertz CT molecular complexity index is 148. The highest BCUT2D eigenvalue weighted by atomic mass is 32.2. The third-order valence-corrected chi connectivity index (χ3v) is 5.37. The van der Waals surface area contributed by atoms with Crippen LogP contribution in [0.5, 0.6) is 0 Å². The number of rotatable bonds is 9. The van der Waals surface area contributed by atoms with Crippen LogP contribution in [-0.2, 0) is 0 Å². The maximum absolute atomic E-state index is 2.30. The second-order valence-electron chi connectivity index (χ2n) is 5.61. The molecule has 1 fully saturated rings. The fraction of sp³-hybridized carbons (Fsp3) is 1.00. The number of unbranched alkanes of at least 4 members (excludes halogenated alkanes) is 6. The molecule has 1 saturated carbocycles. The molecule has 1 heteroatoms. The second-order valence-corrected chi connectivity index (χ2v) is 7.01. The van der Waals surface area contributed by atoms with Gasteiger partial charge in [-0.25, -0.2) is 0 Å². The number of thioether (sulfide) groups is 1. The van der Waals surface area contributed by atoms with Crippen molar-refractivity contribution in [2.24, 2.45) is 0 Å². The van der Waals surface area contributed by atoms with Crippen LogP contribution in [0, 0.1) is 0 Å². The molecule has 0 aromatic rings. The summed E-state index contributed by atoms with van der Waals surface area (Å²) in [6.07, 6.45) is 19.2. The average Bonchev–Trinajstić information content (AvgIpc) is 2.61. The maximum Gasteiger partial charge on any atom is 0.00470 e. The van der Waals surface area contributed by atoms with Crippen LogP contribution in [0.1, 0.15) is 90.4 Å². The monoisotopic (exact) mass is 256 g/mol. The summed E-state index contributed by atoms with van der Waals surface area (Å²) < 4.78 is 0. The summed E-state index contributed by atoms with van der Waals surface area (Å²) in [5, 5.41) is 1.01. The molecule has 17 heavy (non-hydrogen) atoms. The zero-order valence-corrected chi connectivity index (χ0v) is 12.7. The van der Waals surface area contributed by atoms with Gasteiger partial charge in [0.15, 0.2) is 0 Å². The minimum atomic E-state index is 1.01. The normalized spacial score (nSPS) is 18.2. The van der Waals surface area contributed by atoms with Crippen molar-refractivity contribution in [3.63, 3.8) is 0 Å². The van der Waals surface area contributed by atoms with Gasteiger partial charge in [-0.3, -0.25) is 0 Å². The highest BCUT2D eigenvalue weighted by Crippen LogP contribution is 2.28. The summed E-state index contributed by atoms with van der Waals surface area (Å²) in [5.74, 6) is 1.43. The Morgan fingerprint density at radius 3 is 2.00 bits per heavy atom. The summed E-state index contributed by atoms with van der Waals surface area (Å²) in [7, 11) is 0. The van der Waals surface area contributed by atoms with E-state index in [1.165, 1.54) is 89.2 Å². The van der Waals surface area contributed by atoms with Crippen LogP contribution >= 0.6 is 11.8 Å². The predicted molar refractivity (Wildman–Crippen MR) is 81.9 cm³/mol. The first-order chi connectivity index (χ1) is 8.43. The van der Waals surface area contributed by atoms with Gasteiger partial charge in [0.25, 0.3) is 0 Å². The van der Waals surface area contributed by atoms with Crippen LogP contribution in [-0.4, -0.2) is 11.0 Å². The van der Waals surface area contributed by atoms with Gasteiger partial charge in [0.2, 0.25) is 0 Å². The van der Waals surface area contributed by atoms with Gasteiger partial charge in [-0.2, -0.15) is 11.8 Å². The van der Waals surface area contributed by atoms with Gasteiger partial charge in [0, 0.05) is 5.25 Å². The first-order valence-electron chi connectivity index (χ1n) is 8.05. The van der Waals surface area contributed by atoms with Crippen LogP contribution in [0.2, 0.25) is 0 Å². The van der Waals surface area contributed by atoms with Gasteiger partial charge in [-0.05, 0) is 25.0 Å². The molecule has 0 atom stereocenters. The Labute approximate surface area is 113 Å². The van der Waals surface area contributed by atoms with Crippen molar-refractivity contribution in [1.82, 2.24) is 0 Å². The molecule has 0 N–H and O–H groups in total. The third kappa shape index (κ3) is 8.99. The van der Waals surface area contributed by atoms with Crippen molar-refractivity contribution in [2.75, 3.05) is 5.75 Å². The smallest absolute Gasteiger partial charge is 0.00470 e. The topological polar surface area (TPSA) is 0 Å². The minimum Gasteiger partial charge on any atom is -0.159 e. The summed E-state index contributed by atoms with van der Waals surface area (Å²) in [4.78, 5) is 0. The molecule has 0 spiro atoms. The summed E-state index contributed by atoms with van der Waals surface area (Å²) in [6, 6.07) is 0. The fourth-order valence-electron chi connectivity index (χ4n) is 2.72. The molecule has 0 aromatic heterocycles. The first-order valence-corrected chi connectivity index (χ1v) is 9.10. The van der Waals surface area contributed by atoms with Crippen molar-refractivity contribution in [3.8, 4) is 0 Å². The van der Waals surface area contributed by atoms with E-state index in [9.17, 15) is 0 Å². The first kappa shape index (κ1) is 15.4. The quantitative estimate of drug-likeness (QED) is 0.350. The molecule has 1 aliphatic carbocycles. The Morgan fingerprint density at radius 2 is 1.35 bits per heavy atom. The lowest BCUT2D eigenvalue weighted by molar-refractivity contribution is 0.603. The van der Waals surface area contributed by atoms with Crippen molar-refractivity contribution in [3.05, 3.63) is 0 Å². The van der Waals surface area contributed by atoms with Crippen molar-refractivity contribution < 1.29 is 0 Å². The Hall–Kier alpha value is 0.350. The fourth-order valence-corrected chi connectivity index (χ4v) is 4.09. The second kappa shape index (κ2) is 11.4. The SMILES string of the molecule is CCCCCCCCCSC1CCCCCC1. The van der Waals surface area contributed by atoms with E-state index < -0.39 is 0 Å². The molecule has 1 aliphatic rings. The van der Waals surface area contributed by atoms with Crippen LogP contribution in [0.15, 0.2) is 0 Å². The molecule has 0 heterocycles. The van der Waals surface area contributed by atoms with E-state index in [4.69, 9.17) is 0 Å². The summed E-state index contributed by atoms with van der Waals surface area (Å²) in [6.45, 7) is 2.30. The molecule has 0 amide bonds. The van der Waals surface area contributed by atoms with Crippen molar-refractivity contribution >= 4 is 11.8 Å². The van der Waals surface area contributed by atoms with E-state index in [1.54, 1.807) is 0 Å². The lowest BCUT2D eigenvalue weighted by atomic mass is 10.1. The van der Waals surface area contributed by atoms with Crippen LogP contribution < -0.4 is 0 Å². The Morgan fingerprint density at radius 1 is 0.765 bits per heavy atom. The molecule has 102 valence electrons. The molecule has 0 aliphatic heterocycles. The molecule has 0 radical (unpaired) electrons. The molecular weight excluding hydrogens is 224 g/mol. The third-order valence-electron chi connectivity index (χ3n) is 3.90. The number of hydrogen-bond donors (Lipinski definition) is 0. The minimum absolute atomic E-state index is 1.01. The Balaban J connectivity index is 1.82. The predicted octanol–water partition coefficient (Wildman–Crippen LogP) is 6.19. The largest absolute Gasteiger partial charge is 0.159 e. The van der Waals surface area contributed by atoms with Gasteiger partial charge in [-0.1, -0.05) is 71.1 Å². The molecule has 0 nitrogen and oxygen atoms in total. The van der Waals surface area contributed by atoms with Gasteiger partial charge >= 0.3 is 0 Å². The lowest BCUT2D eigenvalue weighted by Gasteiger charge is -2.13. The van der Waals surface area contributed by atoms with E-state index in [0.717, 1.165) is 5.25 Å². The van der Waals surface area contributed by atoms with Crippen LogP contribution in [0.4, 0.5) is 0 Å². The standard InChI is InChI=1S/C16H32S/c1-2-3-4-5-6-9-12-15-17-16-13-10-7-8-11-14-16/h16H,2-15H2,1H3. The van der Waals surface area contributed by atoms with E-state index >= 15 is 0 Å². The zero-order valence-electron chi connectivity index (χ0n) is 11.9. The summed E-state index contributed by atoms with van der Waals surface area (Å²) in [5.41, 5.74) is 0. The van der Waals surface area contributed by atoms with E-state index in [0.29, 0.717) is 0 Å². The highest BCUT2D eigenvalue weighted by molar-refractivity contribution is 7.99. The van der Waals surface area contributed by atoms with E-state index in [1.807, 2.05) is 0 Å². The maximum atomic E-state index is 2.30. The van der Waals surface area contributed by atoms with Gasteiger partial charge in [-0.15, -0.1) is 0 Å². The lowest BCUT2D eigenvalue weighted by Crippen LogP contribution is -2.01. The zero-order chi connectivity index (χ0) is 12.2. The van der Waals surface area contributed by atoms with Crippen LogP contribution in [0.3, 0.4) is 0 Å². The number of hydrogen-bond acceptors (Lipinski definition) is 1. The summed E-state index contributed by atoms with van der Waals surface area (Å²) >= 11 is 2.28. The molecule has 1 rings (SSSR count). The average molecular weight is 256 g/mol. The molecule has 0 unspecified atom stereocenters. The molecule has 0 bridgehead atoms. The van der Waals surface area contributed by atoms with E-state index in [-0.39, 0.29) is 0 Å². The van der Waals surface area contributed by atoms with Gasteiger partial charge in [0.1, 0.15) is 0 Å². The molecular formula is C16H32S. The Kier molecular flexibility index (Phi) is 10.4. The highest BCUT2D eigenvalue weighted by Gasteiger charge is 2.11. The van der Waals surface area contributed by atoms with Gasteiger partial charge in [0.05, 0.1) is 0 Å².